The molecule has 4 nitrogen and oxygen atoms in total. The van der Waals surface area contributed by atoms with E-state index in [1.165, 1.54) is 22.3 Å². The van der Waals surface area contributed by atoms with Crippen LogP contribution in [0.3, 0.4) is 0 Å². The van der Waals surface area contributed by atoms with Crippen molar-refractivity contribution in [3.05, 3.63) is 64.6 Å². The maximum absolute atomic E-state index is 12.3. The maximum Gasteiger partial charge on any atom is 0.263 e. The molecule has 120 valence electrons. The Bertz CT molecular complexity index is 969. The van der Waals surface area contributed by atoms with Gasteiger partial charge in [0.2, 0.25) is 0 Å². The smallest absolute Gasteiger partial charge is 0.263 e. The van der Waals surface area contributed by atoms with Gasteiger partial charge in [0.25, 0.3) is 5.91 Å². The standard InChI is InChI=1S/C18H15N3OS2/c22-17(16-11-21-18(24-16)15-6-3-9-23-15)19-8-7-12-10-20-14-5-2-1-4-13(12)14/h1-6,9-11,20H,7-8H2,(H,19,22). The van der Waals surface area contributed by atoms with E-state index in [9.17, 15) is 4.79 Å². The van der Waals surface area contributed by atoms with E-state index in [-0.39, 0.29) is 5.91 Å². The van der Waals surface area contributed by atoms with Crippen LogP contribution in [0.15, 0.2) is 54.2 Å². The molecule has 4 rings (SSSR count). The second kappa shape index (κ2) is 6.59. The Kier molecular flexibility index (Phi) is 4.15. The minimum absolute atomic E-state index is 0.0600. The van der Waals surface area contributed by atoms with Crippen molar-refractivity contribution in [2.45, 2.75) is 6.42 Å². The number of aromatic amines is 1. The van der Waals surface area contributed by atoms with Gasteiger partial charge in [-0.3, -0.25) is 4.79 Å². The number of benzene rings is 1. The summed E-state index contributed by atoms with van der Waals surface area (Å²) in [5.74, 6) is -0.0600. The van der Waals surface area contributed by atoms with Crippen molar-refractivity contribution in [1.29, 1.82) is 0 Å². The first-order valence-corrected chi connectivity index (χ1v) is 9.34. The molecule has 3 aromatic heterocycles. The normalized spacial score (nSPS) is 11.0. The quantitative estimate of drug-likeness (QED) is 0.561. The summed E-state index contributed by atoms with van der Waals surface area (Å²) in [5.41, 5.74) is 2.34. The largest absolute Gasteiger partial charge is 0.361 e. The van der Waals surface area contributed by atoms with Crippen LogP contribution < -0.4 is 5.32 Å². The van der Waals surface area contributed by atoms with Crippen LogP contribution in [0.1, 0.15) is 15.2 Å². The zero-order chi connectivity index (χ0) is 16.4. The lowest BCUT2D eigenvalue weighted by atomic mass is 10.1. The Labute approximate surface area is 147 Å². The Morgan fingerprint density at radius 2 is 2.12 bits per heavy atom. The van der Waals surface area contributed by atoms with E-state index in [1.54, 1.807) is 17.5 Å². The third kappa shape index (κ3) is 2.98. The summed E-state index contributed by atoms with van der Waals surface area (Å²) in [6.07, 6.45) is 4.46. The van der Waals surface area contributed by atoms with E-state index < -0.39 is 0 Å². The second-order valence-electron chi connectivity index (χ2n) is 5.37. The first-order chi connectivity index (χ1) is 11.8. The molecular weight excluding hydrogens is 338 g/mol. The molecule has 3 heterocycles. The van der Waals surface area contributed by atoms with E-state index in [0.29, 0.717) is 11.4 Å². The second-order valence-corrected chi connectivity index (χ2v) is 7.35. The molecule has 0 radical (unpaired) electrons. The molecule has 1 aromatic carbocycles. The van der Waals surface area contributed by atoms with Gasteiger partial charge in [0.05, 0.1) is 11.1 Å². The zero-order valence-electron chi connectivity index (χ0n) is 12.8. The minimum Gasteiger partial charge on any atom is -0.361 e. The van der Waals surface area contributed by atoms with Crippen LogP contribution in [0.2, 0.25) is 0 Å². The average molecular weight is 353 g/mol. The number of nitrogens with one attached hydrogen (secondary N) is 2. The lowest BCUT2D eigenvalue weighted by molar-refractivity contribution is 0.0958. The number of amides is 1. The Morgan fingerprint density at radius 3 is 3.00 bits per heavy atom. The lowest BCUT2D eigenvalue weighted by Gasteiger charge is -2.02. The minimum atomic E-state index is -0.0600. The number of hydrogen-bond donors (Lipinski definition) is 2. The number of carbonyl (C=O) groups is 1. The van der Waals surface area contributed by atoms with Crippen molar-refractivity contribution in [2.24, 2.45) is 0 Å². The monoisotopic (exact) mass is 353 g/mol. The van der Waals surface area contributed by atoms with Crippen molar-refractivity contribution in [1.82, 2.24) is 15.3 Å². The summed E-state index contributed by atoms with van der Waals surface area (Å²) in [4.78, 5) is 21.6. The number of carbonyl (C=O) groups excluding carboxylic acids is 1. The van der Waals surface area contributed by atoms with Gasteiger partial charge in [0.15, 0.2) is 0 Å². The fraction of sp³-hybridized carbons (Fsp3) is 0.111. The van der Waals surface area contributed by atoms with E-state index in [2.05, 4.69) is 27.4 Å². The molecule has 0 atom stereocenters. The highest BCUT2D eigenvalue weighted by Gasteiger charge is 2.12. The average Bonchev–Trinajstić information content (AvgIpc) is 3.35. The van der Waals surface area contributed by atoms with Crippen molar-refractivity contribution in [2.75, 3.05) is 6.54 Å². The van der Waals surface area contributed by atoms with Crippen molar-refractivity contribution < 1.29 is 4.79 Å². The van der Waals surface area contributed by atoms with Crippen LogP contribution in [-0.2, 0) is 6.42 Å². The van der Waals surface area contributed by atoms with E-state index in [4.69, 9.17) is 0 Å². The van der Waals surface area contributed by atoms with E-state index in [0.717, 1.165) is 21.8 Å². The summed E-state index contributed by atoms with van der Waals surface area (Å²) >= 11 is 3.06. The number of thiazole rings is 1. The fourth-order valence-electron chi connectivity index (χ4n) is 2.63. The van der Waals surface area contributed by atoms with Gasteiger partial charge in [-0.1, -0.05) is 24.3 Å². The number of fused-ring (bicyclic) bond motifs is 1. The van der Waals surface area contributed by atoms with Gasteiger partial charge < -0.3 is 10.3 Å². The predicted molar refractivity (Wildman–Crippen MR) is 99.8 cm³/mol. The molecule has 0 aliphatic carbocycles. The van der Waals surface area contributed by atoms with Crippen LogP contribution >= 0.6 is 22.7 Å². The Morgan fingerprint density at radius 1 is 1.21 bits per heavy atom. The Hall–Kier alpha value is -2.44. The molecule has 0 saturated carbocycles. The summed E-state index contributed by atoms with van der Waals surface area (Å²) in [6, 6.07) is 12.2. The number of hydrogen-bond acceptors (Lipinski definition) is 4. The molecular formula is C18H15N3OS2. The Balaban J connectivity index is 1.38. The number of H-pyrrole nitrogens is 1. The molecule has 0 unspecified atom stereocenters. The number of rotatable bonds is 5. The van der Waals surface area contributed by atoms with E-state index in [1.807, 2.05) is 35.8 Å². The third-order valence-electron chi connectivity index (χ3n) is 3.82. The highest BCUT2D eigenvalue weighted by molar-refractivity contribution is 7.21. The highest BCUT2D eigenvalue weighted by atomic mass is 32.1. The molecule has 0 fully saturated rings. The summed E-state index contributed by atoms with van der Waals surface area (Å²) in [6.45, 7) is 0.604. The predicted octanol–water partition coefficient (Wildman–Crippen LogP) is 4.33. The van der Waals surface area contributed by atoms with Gasteiger partial charge in [-0.2, -0.15) is 0 Å². The molecule has 0 aliphatic heterocycles. The molecule has 0 aliphatic rings. The molecule has 0 spiro atoms. The molecule has 6 heteroatoms. The SMILES string of the molecule is O=C(NCCc1c[nH]c2ccccc12)c1cnc(-c2cccs2)s1. The maximum atomic E-state index is 12.3. The van der Waals surface area contributed by atoms with Crippen molar-refractivity contribution in [3.8, 4) is 9.88 Å². The van der Waals surface area contributed by atoms with E-state index >= 15 is 0 Å². The molecule has 24 heavy (non-hydrogen) atoms. The number of aromatic nitrogens is 2. The zero-order valence-corrected chi connectivity index (χ0v) is 14.4. The number of nitrogens with zero attached hydrogens (tertiary/aromatic N) is 1. The van der Waals surface area contributed by atoms with Gasteiger partial charge in [-0.25, -0.2) is 4.98 Å². The van der Waals surface area contributed by atoms with Crippen LogP contribution in [0, 0.1) is 0 Å². The van der Waals surface area contributed by atoms with Crippen molar-refractivity contribution >= 4 is 39.5 Å². The van der Waals surface area contributed by atoms with Crippen LogP contribution in [0.5, 0.6) is 0 Å². The number of thiophene rings is 1. The highest BCUT2D eigenvalue weighted by Crippen LogP contribution is 2.28. The van der Waals surface area contributed by atoms with Gasteiger partial charge in [0, 0.05) is 23.6 Å². The topological polar surface area (TPSA) is 57.8 Å². The van der Waals surface area contributed by atoms with Crippen LogP contribution in [0.4, 0.5) is 0 Å². The molecule has 2 N–H and O–H groups in total. The third-order valence-corrected chi connectivity index (χ3v) is 5.85. The van der Waals surface area contributed by atoms with Crippen LogP contribution in [-0.4, -0.2) is 22.4 Å². The van der Waals surface area contributed by atoms with Crippen molar-refractivity contribution in [3.63, 3.8) is 0 Å². The summed E-state index contributed by atoms with van der Waals surface area (Å²) in [7, 11) is 0. The van der Waals surface area contributed by atoms with Gasteiger partial charge in [-0.05, 0) is 29.5 Å². The van der Waals surface area contributed by atoms with Crippen LogP contribution in [0.25, 0.3) is 20.8 Å². The van der Waals surface area contributed by atoms with Gasteiger partial charge in [0.1, 0.15) is 9.88 Å². The molecule has 1 amide bonds. The van der Waals surface area contributed by atoms with Gasteiger partial charge in [-0.15, -0.1) is 22.7 Å². The molecule has 0 saturated heterocycles. The molecule has 4 aromatic rings. The van der Waals surface area contributed by atoms with Gasteiger partial charge >= 0.3 is 0 Å². The first kappa shape index (κ1) is 15.1. The number of para-hydroxylation sites is 1. The lowest BCUT2D eigenvalue weighted by Crippen LogP contribution is -2.24. The summed E-state index contributed by atoms with van der Waals surface area (Å²) < 4.78 is 0. The summed E-state index contributed by atoms with van der Waals surface area (Å²) in [5, 5.41) is 7.10. The fourth-order valence-corrected chi connectivity index (χ4v) is 4.27. The molecule has 0 bridgehead atoms. The first-order valence-electron chi connectivity index (χ1n) is 7.64.